The number of hydrogen-bond donors (Lipinski definition) is 0. The van der Waals surface area contributed by atoms with Gasteiger partial charge in [0.25, 0.3) is 11.8 Å². The lowest BCUT2D eigenvalue weighted by molar-refractivity contribution is -0.172. The third kappa shape index (κ3) is 3.12. The zero-order chi connectivity index (χ0) is 19.3. The van der Waals surface area contributed by atoms with Crippen LogP contribution in [0.5, 0.6) is 0 Å². The molecule has 0 radical (unpaired) electrons. The van der Waals surface area contributed by atoms with E-state index in [4.69, 9.17) is 14.1 Å². The van der Waals surface area contributed by atoms with Crippen LogP contribution in [0.25, 0.3) is 0 Å². The van der Waals surface area contributed by atoms with Crippen molar-refractivity contribution in [3.63, 3.8) is 0 Å². The molecule has 0 aliphatic carbocycles. The van der Waals surface area contributed by atoms with Gasteiger partial charge in [-0.15, -0.1) is 5.06 Å². The van der Waals surface area contributed by atoms with Gasteiger partial charge in [0.05, 0.1) is 16.8 Å². The van der Waals surface area contributed by atoms with Crippen molar-refractivity contribution in [3.8, 4) is 0 Å². The summed E-state index contributed by atoms with van der Waals surface area (Å²) >= 11 is 0. The maximum Gasteiger partial charge on any atom is 0.497 e. The van der Waals surface area contributed by atoms with Gasteiger partial charge in [-0.25, -0.2) is 9.18 Å². The van der Waals surface area contributed by atoms with E-state index in [2.05, 4.69) is 0 Å². The summed E-state index contributed by atoms with van der Waals surface area (Å²) < 4.78 is 26.1. The molecule has 0 atom stereocenters. The molecule has 0 aromatic heterocycles. The fourth-order valence-electron chi connectivity index (χ4n) is 2.61. The minimum absolute atomic E-state index is 0.0126. The largest absolute Gasteiger partial charge is 0.497 e. The van der Waals surface area contributed by atoms with Crippen molar-refractivity contribution in [1.29, 1.82) is 0 Å². The van der Waals surface area contributed by atoms with E-state index in [9.17, 15) is 18.8 Å². The van der Waals surface area contributed by atoms with E-state index < -0.39 is 41.9 Å². The summed E-state index contributed by atoms with van der Waals surface area (Å²) in [7, 11) is -0.910. The van der Waals surface area contributed by atoms with Crippen LogP contribution in [0.15, 0.2) is 18.2 Å². The molecule has 1 aromatic rings. The van der Waals surface area contributed by atoms with Crippen LogP contribution in [0, 0.1) is 5.82 Å². The Morgan fingerprint density at radius 2 is 1.65 bits per heavy atom. The van der Waals surface area contributed by atoms with Crippen LogP contribution >= 0.6 is 0 Å². The summed E-state index contributed by atoms with van der Waals surface area (Å²) in [5.74, 6) is -2.90. The smallest absolute Gasteiger partial charge is 0.399 e. The fraction of sp³-hybridized carbons (Fsp3) is 0.471. The van der Waals surface area contributed by atoms with Crippen molar-refractivity contribution < 1.29 is 32.9 Å². The average Bonchev–Trinajstić information content (AvgIpc) is 2.96. The molecule has 2 saturated heterocycles. The van der Waals surface area contributed by atoms with Crippen LogP contribution in [0.4, 0.5) is 4.39 Å². The van der Waals surface area contributed by atoms with Gasteiger partial charge in [0.1, 0.15) is 5.82 Å². The molecular formula is C17H19BFNO6. The molecule has 0 spiro atoms. The first-order valence-corrected chi connectivity index (χ1v) is 8.25. The number of imide groups is 1. The zero-order valence-corrected chi connectivity index (χ0v) is 15.0. The van der Waals surface area contributed by atoms with Crippen LogP contribution in [0.1, 0.15) is 50.9 Å². The second kappa shape index (κ2) is 6.17. The van der Waals surface area contributed by atoms with E-state index >= 15 is 0 Å². The molecule has 9 heteroatoms. The summed E-state index contributed by atoms with van der Waals surface area (Å²) in [4.78, 5) is 39.8. The highest BCUT2D eigenvalue weighted by atomic mass is 19.1. The molecule has 2 aliphatic heterocycles. The van der Waals surface area contributed by atoms with Crippen LogP contribution in [-0.2, 0) is 23.7 Å². The first-order valence-electron chi connectivity index (χ1n) is 8.25. The summed E-state index contributed by atoms with van der Waals surface area (Å²) in [6.45, 7) is 7.39. The quantitative estimate of drug-likeness (QED) is 0.596. The van der Waals surface area contributed by atoms with Crippen LogP contribution in [0.3, 0.4) is 0 Å². The van der Waals surface area contributed by atoms with Gasteiger partial charge < -0.3 is 14.1 Å². The number of carbonyl (C=O) groups is 3. The molecule has 0 N–H and O–H groups in total. The predicted molar refractivity (Wildman–Crippen MR) is 88.6 cm³/mol. The number of halogens is 1. The van der Waals surface area contributed by atoms with E-state index in [0.29, 0.717) is 5.06 Å². The minimum atomic E-state index is -0.993. The van der Waals surface area contributed by atoms with Crippen molar-refractivity contribution >= 4 is 30.4 Å². The third-order valence-corrected chi connectivity index (χ3v) is 4.92. The number of hydrogen-bond acceptors (Lipinski definition) is 6. The van der Waals surface area contributed by atoms with Gasteiger partial charge in [-0.2, -0.15) is 0 Å². The number of amides is 2. The van der Waals surface area contributed by atoms with E-state index in [1.54, 1.807) is 0 Å². The number of rotatable bonds is 3. The Labute approximate surface area is 150 Å². The van der Waals surface area contributed by atoms with Crippen LogP contribution in [-0.4, -0.2) is 41.2 Å². The number of nitrogens with zero attached hydrogens (tertiary/aromatic N) is 1. The van der Waals surface area contributed by atoms with E-state index in [-0.39, 0.29) is 23.9 Å². The molecule has 2 heterocycles. The summed E-state index contributed by atoms with van der Waals surface area (Å²) in [5.41, 5.74) is -1.24. The number of carbonyl (C=O) groups excluding carboxylic acids is 3. The highest BCUT2D eigenvalue weighted by Crippen LogP contribution is 2.36. The van der Waals surface area contributed by atoms with Crippen molar-refractivity contribution in [2.24, 2.45) is 0 Å². The molecule has 1 aromatic carbocycles. The van der Waals surface area contributed by atoms with Gasteiger partial charge in [-0.05, 0) is 39.8 Å². The van der Waals surface area contributed by atoms with Crippen molar-refractivity contribution in [2.75, 3.05) is 0 Å². The summed E-state index contributed by atoms with van der Waals surface area (Å²) in [6.07, 6.45) is -0.0251. The van der Waals surface area contributed by atoms with E-state index in [0.717, 1.165) is 6.07 Å². The van der Waals surface area contributed by atoms with E-state index in [1.165, 1.54) is 12.1 Å². The Hall–Kier alpha value is -2.26. The first-order chi connectivity index (χ1) is 12.0. The lowest BCUT2D eigenvalue weighted by Gasteiger charge is -2.32. The average molecular weight is 363 g/mol. The van der Waals surface area contributed by atoms with E-state index in [1.807, 2.05) is 27.7 Å². The van der Waals surface area contributed by atoms with Gasteiger partial charge in [-0.1, -0.05) is 6.07 Å². The molecule has 2 fully saturated rings. The Morgan fingerprint density at radius 1 is 1.12 bits per heavy atom. The molecule has 138 valence electrons. The van der Waals surface area contributed by atoms with Crippen molar-refractivity contribution in [2.45, 2.75) is 51.7 Å². The van der Waals surface area contributed by atoms with Crippen molar-refractivity contribution in [3.05, 3.63) is 29.6 Å². The van der Waals surface area contributed by atoms with Gasteiger partial charge in [-0.3, -0.25) is 9.59 Å². The number of hydroxylamine groups is 2. The summed E-state index contributed by atoms with van der Waals surface area (Å²) in [5, 5.41) is 0.419. The number of benzene rings is 1. The third-order valence-electron chi connectivity index (χ3n) is 4.92. The molecule has 3 rings (SSSR count). The zero-order valence-electron chi connectivity index (χ0n) is 15.0. The Balaban J connectivity index is 1.77. The molecule has 2 aliphatic rings. The maximum atomic E-state index is 14.5. The standard InChI is InChI=1S/C17H19BFNO6/c1-16(2)17(3,4)26-18(25-16)11-6-5-10(9-12(11)19)15(23)24-20-13(21)7-8-14(20)22/h5-6,9H,7-8H2,1-4H3. The van der Waals surface area contributed by atoms with Gasteiger partial charge in [0, 0.05) is 18.3 Å². The Bertz CT molecular complexity index is 761. The van der Waals surface area contributed by atoms with Gasteiger partial charge >= 0.3 is 13.1 Å². The molecule has 0 unspecified atom stereocenters. The Kier molecular flexibility index (Phi) is 4.40. The molecular weight excluding hydrogens is 344 g/mol. The molecule has 0 bridgehead atoms. The second-order valence-electron chi connectivity index (χ2n) is 7.29. The monoisotopic (exact) mass is 363 g/mol. The normalized spacial score (nSPS) is 21.4. The molecule has 2 amide bonds. The molecule has 0 saturated carbocycles. The predicted octanol–water partition coefficient (Wildman–Crippen LogP) is 1.35. The summed E-state index contributed by atoms with van der Waals surface area (Å²) in [6, 6.07) is 3.66. The van der Waals surface area contributed by atoms with Crippen molar-refractivity contribution in [1.82, 2.24) is 5.06 Å². The topological polar surface area (TPSA) is 82.1 Å². The molecule has 7 nitrogen and oxygen atoms in total. The van der Waals surface area contributed by atoms with Crippen LogP contribution < -0.4 is 5.46 Å². The highest BCUT2D eigenvalue weighted by Gasteiger charge is 2.52. The maximum absolute atomic E-state index is 14.5. The lowest BCUT2D eigenvalue weighted by Crippen LogP contribution is -2.41. The highest BCUT2D eigenvalue weighted by molar-refractivity contribution is 6.62. The van der Waals surface area contributed by atoms with Crippen LogP contribution in [0.2, 0.25) is 0 Å². The molecule has 26 heavy (non-hydrogen) atoms. The fourth-order valence-corrected chi connectivity index (χ4v) is 2.61. The lowest BCUT2D eigenvalue weighted by atomic mass is 9.78. The van der Waals surface area contributed by atoms with Gasteiger partial charge in [0.15, 0.2) is 0 Å². The SMILES string of the molecule is CC1(C)OB(c2ccc(C(=O)ON3C(=O)CCC3=O)cc2F)OC1(C)C. The second-order valence-corrected chi connectivity index (χ2v) is 7.29. The Morgan fingerprint density at radius 3 is 2.15 bits per heavy atom. The first kappa shape index (κ1) is 18.5. The van der Waals surface area contributed by atoms with Gasteiger partial charge in [0.2, 0.25) is 0 Å². The minimum Gasteiger partial charge on any atom is -0.399 e.